The largest absolute Gasteiger partial charge is 0.369 e. The summed E-state index contributed by atoms with van der Waals surface area (Å²) in [7, 11) is -3.96. The van der Waals surface area contributed by atoms with Crippen LogP contribution in [0, 0.1) is 0 Å². The molecular formula is C8H8N4O3S. The molecule has 0 saturated carbocycles. The van der Waals surface area contributed by atoms with E-state index in [1.807, 2.05) is 0 Å². The number of sulfonamides is 1. The minimum absolute atomic E-state index is 0.0296. The quantitative estimate of drug-likeness (QED) is 0.473. The minimum Gasteiger partial charge on any atom is -0.369 e. The molecule has 1 rings (SSSR count). The van der Waals surface area contributed by atoms with Crippen LogP contribution < -0.4 is 5.73 Å². The molecule has 0 heterocycles. The fraction of sp³-hybridized carbons (Fsp3) is 0.125. The molecule has 0 bridgehead atoms. The molecule has 0 spiro atoms. The van der Waals surface area contributed by atoms with Crippen molar-refractivity contribution in [2.45, 2.75) is 11.3 Å². The van der Waals surface area contributed by atoms with E-state index in [1.165, 1.54) is 24.3 Å². The number of nitrogens with two attached hydrogens (primary N) is 1. The molecule has 0 aliphatic carbocycles. The molecule has 0 saturated heterocycles. The third kappa shape index (κ3) is 2.97. The van der Waals surface area contributed by atoms with Crippen LogP contribution in [0.5, 0.6) is 0 Å². The van der Waals surface area contributed by atoms with Crippen molar-refractivity contribution in [1.29, 1.82) is 0 Å². The molecular weight excluding hydrogens is 232 g/mol. The number of carbonyl (C=O) groups excluding carboxylic acids is 1. The van der Waals surface area contributed by atoms with E-state index in [4.69, 9.17) is 11.3 Å². The lowest BCUT2D eigenvalue weighted by molar-refractivity contribution is -0.117. The fourth-order valence-electron chi connectivity index (χ4n) is 1.08. The number of azide groups is 1. The first-order valence-electron chi connectivity index (χ1n) is 4.14. The van der Waals surface area contributed by atoms with Gasteiger partial charge in [-0.3, -0.25) is 4.79 Å². The lowest BCUT2D eigenvalue weighted by atomic mass is 10.1. The molecule has 7 nitrogen and oxygen atoms in total. The Bertz CT molecular complexity index is 543. The van der Waals surface area contributed by atoms with Gasteiger partial charge in [0.2, 0.25) is 5.91 Å². The number of nitrogens with zero attached hydrogens (tertiary/aromatic N) is 3. The fourth-order valence-corrected chi connectivity index (χ4v) is 1.75. The topological polar surface area (TPSA) is 126 Å². The van der Waals surface area contributed by atoms with Gasteiger partial charge in [0, 0.05) is 9.43 Å². The van der Waals surface area contributed by atoms with Crippen LogP contribution in [-0.2, 0) is 21.2 Å². The average Bonchev–Trinajstić information content (AvgIpc) is 2.17. The Morgan fingerprint density at radius 3 is 2.38 bits per heavy atom. The number of carbonyl (C=O) groups is 1. The van der Waals surface area contributed by atoms with Gasteiger partial charge < -0.3 is 5.73 Å². The zero-order valence-corrected chi connectivity index (χ0v) is 8.88. The van der Waals surface area contributed by atoms with Crippen molar-refractivity contribution in [2.75, 3.05) is 0 Å². The Hall–Kier alpha value is -2.05. The average molecular weight is 240 g/mol. The number of benzene rings is 1. The van der Waals surface area contributed by atoms with Crippen LogP contribution >= 0.6 is 0 Å². The van der Waals surface area contributed by atoms with Gasteiger partial charge in [-0.25, -0.2) is 8.42 Å². The molecule has 0 fully saturated rings. The highest BCUT2D eigenvalue weighted by atomic mass is 32.2. The highest BCUT2D eigenvalue weighted by Gasteiger charge is 2.11. The molecule has 0 aromatic heterocycles. The summed E-state index contributed by atoms with van der Waals surface area (Å²) in [6.07, 6.45) is 0.0296. The van der Waals surface area contributed by atoms with Crippen LogP contribution in [-0.4, -0.2) is 14.3 Å². The van der Waals surface area contributed by atoms with Gasteiger partial charge in [-0.15, -0.1) is 0 Å². The summed E-state index contributed by atoms with van der Waals surface area (Å²) in [5, 5.41) is 0. The van der Waals surface area contributed by atoms with Gasteiger partial charge in [0.15, 0.2) is 0 Å². The maximum absolute atomic E-state index is 11.3. The zero-order chi connectivity index (χ0) is 12.2. The first-order chi connectivity index (χ1) is 7.45. The summed E-state index contributed by atoms with van der Waals surface area (Å²) in [4.78, 5) is 12.7. The van der Waals surface area contributed by atoms with Crippen molar-refractivity contribution < 1.29 is 13.2 Å². The van der Waals surface area contributed by atoms with Crippen LogP contribution in [0.4, 0.5) is 0 Å². The number of hydrogen-bond acceptors (Lipinski definition) is 3. The second-order valence-corrected chi connectivity index (χ2v) is 4.52. The molecule has 1 amide bonds. The molecule has 1 aromatic carbocycles. The highest BCUT2D eigenvalue weighted by molar-refractivity contribution is 7.90. The SMILES string of the molecule is [N-]=[N+]=NS(=O)(=O)c1ccc(CC(N)=O)cc1. The molecule has 0 radical (unpaired) electrons. The van der Waals surface area contributed by atoms with E-state index in [0.717, 1.165) is 0 Å². The summed E-state index contributed by atoms with van der Waals surface area (Å²) in [5.74, 6) is -0.509. The summed E-state index contributed by atoms with van der Waals surface area (Å²) >= 11 is 0. The second kappa shape index (κ2) is 4.65. The third-order valence-corrected chi connectivity index (χ3v) is 2.90. The first kappa shape index (κ1) is 12.0. The van der Waals surface area contributed by atoms with Crippen LogP contribution in [0.1, 0.15) is 5.56 Å². The van der Waals surface area contributed by atoms with Crippen LogP contribution in [0.2, 0.25) is 0 Å². The van der Waals surface area contributed by atoms with Crippen molar-refractivity contribution in [2.24, 2.45) is 10.3 Å². The van der Waals surface area contributed by atoms with E-state index in [1.54, 1.807) is 0 Å². The minimum atomic E-state index is -3.96. The molecule has 1 aromatic rings. The van der Waals surface area contributed by atoms with Gasteiger partial charge in [-0.05, 0) is 23.2 Å². The van der Waals surface area contributed by atoms with Crippen LogP contribution in [0.3, 0.4) is 0 Å². The Morgan fingerprint density at radius 1 is 1.38 bits per heavy atom. The van der Waals surface area contributed by atoms with Gasteiger partial charge in [-0.1, -0.05) is 12.1 Å². The molecule has 0 aliphatic heterocycles. The van der Waals surface area contributed by atoms with Crippen molar-refractivity contribution in [1.82, 2.24) is 0 Å². The Balaban J connectivity index is 3.04. The Morgan fingerprint density at radius 2 is 1.94 bits per heavy atom. The molecule has 0 aliphatic rings. The van der Waals surface area contributed by atoms with Gasteiger partial charge in [-0.2, -0.15) is 0 Å². The van der Waals surface area contributed by atoms with E-state index in [-0.39, 0.29) is 11.3 Å². The highest BCUT2D eigenvalue weighted by Crippen LogP contribution is 2.13. The van der Waals surface area contributed by atoms with E-state index < -0.39 is 15.9 Å². The summed E-state index contributed by atoms with van der Waals surface area (Å²) in [6.45, 7) is 0. The van der Waals surface area contributed by atoms with E-state index in [9.17, 15) is 13.2 Å². The standard InChI is InChI=1S/C8H8N4O3S/c9-8(13)5-6-1-3-7(4-2-6)16(14,15)12-11-10/h1-4H,5H2,(H2,9,13). The monoisotopic (exact) mass is 240 g/mol. The zero-order valence-electron chi connectivity index (χ0n) is 8.07. The summed E-state index contributed by atoms with van der Waals surface area (Å²) < 4.78 is 25.2. The maximum Gasteiger partial charge on any atom is 0.264 e. The third-order valence-electron chi connectivity index (χ3n) is 1.74. The van der Waals surface area contributed by atoms with Crippen LogP contribution in [0.15, 0.2) is 33.7 Å². The predicted octanol–water partition coefficient (Wildman–Crippen LogP) is 0.713. The molecule has 0 unspecified atom stereocenters. The van der Waals surface area contributed by atoms with Crippen molar-refractivity contribution in [3.05, 3.63) is 40.3 Å². The van der Waals surface area contributed by atoms with Gasteiger partial charge >= 0.3 is 0 Å². The van der Waals surface area contributed by atoms with E-state index in [2.05, 4.69) is 9.43 Å². The number of hydrogen-bond donors (Lipinski definition) is 1. The summed E-state index contributed by atoms with van der Waals surface area (Å²) in [5.41, 5.74) is 13.6. The first-order valence-corrected chi connectivity index (χ1v) is 5.58. The van der Waals surface area contributed by atoms with Crippen LogP contribution in [0.25, 0.3) is 10.4 Å². The van der Waals surface area contributed by atoms with Crippen molar-refractivity contribution >= 4 is 15.9 Å². The maximum atomic E-state index is 11.3. The van der Waals surface area contributed by atoms with Gasteiger partial charge in [0.25, 0.3) is 10.0 Å². The lowest BCUT2D eigenvalue weighted by Crippen LogP contribution is -2.13. The molecule has 16 heavy (non-hydrogen) atoms. The Labute approximate surface area is 91.6 Å². The molecule has 8 heteroatoms. The predicted molar refractivity (Wildman–Crippen MR) is 55.7 cm³/mol. The summed E-state index contributed by atoms with van der Waals surface area (Å²) in [6, 6.07) is 5.37. The molecule has 0 atom stereocenters. The molecule has 84 valence electrons. The van der Waals surface area contributed by atoms with Crippen molar-refractivity contribution in [3.63, 3.8) is 0 Å². The molecule has 2 N–H and O–H groups in total. The van der Waals surface area contributed by atoms with E-state index >= 15 is 0 Å². The second-order valence-electron chi connectivity index (χ2n) is 2.93. The van der Waals surface area contributed by atoms with Crippen molar-refractivity contribution in [3.8, 4) is 0 Å². The lowest BCUT2D eigenvalue weighted by Gasteiger charge is -1.99. The number of rotatable bonds is 4. The van der Waals surface area contributed by atoms with E-state index in [0.29, 0.717) is 5.56 Å². The normalized spacial score (nSPS) is 10.5. The number of primary amides is 1. The Kier molecular flexibility index (Phi) is 3.49. The van der Waals surface area contributed by atoms with Gasteiger partial charge in [0.05, 0.1) is 11.3 Å². The van der Waals surface area contributed by atoms with Gasteiger partial charge in [0.1, 0.15) is 0 Å². The smallest absolute Gasteiger partial charge is 0.264 e. The number of amides is 1.